The molecule has 0 spiro atoms. The fourth-order valence-corrected chi connectivity index (χ4v) is 1.67. The second-order valence-electron chi connectivity index (χ2n) is 5.22. The molecule has 0 aliphatic heterocycles. The van der Waals surface area contributed by atoms with Crippen LogP contribution in [0.25, 0.3) is 0 Å². The SMILES string of the molecule is Cc1ccc(F)c(CNCCC(=O)NCC(C)C)c1. The molecular formula is C15H23FN2O. The van der Waals surface area contributed by atoms with Crippen LogP contribution < -0.4 is 10.6 Å². The van der Waals surface area contributed by atoms with Crippen molar-refractivity contribution >= 4 is 5.91 Å². The molecule has 106 valence electrons. The highest BCUT2D eigenvalue weighted by Gasteiger charge is 2.04. The number of nitrogens with one attached hydrogen (secondary N) is 2. The Bertz CT molecular complexity index is 419. The highest BCUT2D eigenvalue weighted by atomic mass is 19.1. The van der Waals surface area contributed by atoms with Gasteiger partial charge in [0.15, 0.2) is 0 Å². The van der Waals surface area contributed by atoms with Gasteiger partial charge >= 0.3 is 0 Å². The summed E-state index contributed by atoms with van der Waals surface area (Å²) in [5, 5.41) is 5.94. The van der Waals surface area contributed by atoms with Crippen molar-refractivity contribution in [1.29, 1.82) is 0 Å². The van der Waals surface area contributed by atoms with E-state index in [0.717, 1.165) is 5.56 Å². The summed E-state index contributed by atoms with van der Waals surface area (Å²) in [5.41, 5.74) is 1.68. The van der Waals surface area contributed by atoms with Crippen LogP contribution in [-0.2, 0) is 11.3 Å². The molecule has 0 saturated carbocycles. The molecule has 2 N–H and O–H groups in total. The first-order valence-corrected chi connectivity index (χ1v) is 6.71. The molecule has 0 bridgehead atoms. The molecule has 0 aliphatic carbocycles. The van der Waals surface area contributed by atoms with Crippen LogP contribution in [0.2, 0.25) is 0 Å². The van der Waals surface area contributed by atoms with E-state index in [2.05, 4.69) is 24.5 Å². The number of carbonyl (C=O) groups is 1. The Morgan fingerprint density at radius 2 is 2.11 bits per heavy atom. The normalized spacial score (nSPS) is 10.8. The molecule has 0 saturated heterocycles. The van der Waals surface area contributed by atoms with Crippen molar-refractivity contribution in [2.45, 2.75) is 33.7 Å². The predicted molar refractivity (Wildman–Crippen MR) is 75.3 cm³/mol. The predicted octanol–water partition coefficient (Wildman–Crippen LogP) is 2.39. The number of carbonyl (C=O) groups excluding carboxylic acids is 1. The minimum absolute atomic E-state index is 0.0333. The number of hydrogen-bond donors (Lipinski definition) is 2. The third kappa shape index (κ3) is 6.34. The number of amides is 1. The molecule has 1 aromatic carbocycles. The third-order valence-corrected chi connectivity index (χ3v) is 2.75. The largest absolute Gasteiger partial charge is 0.356 e. The average molecular weight is 266 g/mol. The number of benzene rings is 1. The second-order valence-corrected chi connectivity index (χ2v) is 5.22. The van der Waals surface area contributed by atoms with Crippen molar-refractivity contribution in [3.8, 4) is 0 Å². The third-order valence-electron chi connectivity index (χ3n) is 2.75. The first-order chi connectivity index (χ1) is 8.99. The van der Waals surface area contributed by atoms with Gasteiger partial charge in [-0.05, 0) is 18.9 Å². The maximum Gasteiger partial charge on any atom is 0.221 e. The zero-order chi connectivity index (χ0) is 14.3. The molecular weight excluding hydrogens is 243 g/mol. The summed E-state index contributed by atoms with van der Waals surface area (Å²) >= 11 is 0. The lowest BCUT2D eigenvalue weighted by Gasteiger charge is -2.09. The molecule has 4 heteroatoms. The minimum Gasteiger partial charge on any atom is -0.356 e. The van der Waals surface area contributed by atoms with Crippen molar-refractivity contribution in [1.82, 2.24) is 10.6 Å². The fraction of sp³-hybridized carbons (Fsp3) is 0.533. The van der Waals surface area contributed by atoms with Gasteiger partial charge in [-0.15, -0.1) is 0 Å². The van der Waals surface area contributed by atoms with Crippen molar-refractivity contribution in [3.63, 3.8) is 0 Å². The second kappa shape index (κ2) is 7.89. The smallest absolute Gasteiger partial charge is 0.221 e. The Labute approximate surface area is 114 Å². The number of hydrogen-bond acceptors (Lipinski definition) is 2. The molecule has 0 aromatic heterocycles. The van der Waals surface area contributed by atoms with Crippen molar-refractivity contribution in [2.24, 2.45) is 5.92 Å². The zero-order valence-corrected chi connectivity index (χ0v) is 11.9. The van der Waals surface area contributed by atoms with Gasteiger partial charge in [0.05, 0.1) is 0 Å². The monoisotopic (exact) mass is 266 g/mol. The van der Waals surface area contributed by atoms with Gasteiger partial charge in [0.25, 0.3) is 0 Å². The summed E-state index contributed by atoms with van der Waals surface area (Å²) in [7, 11) is 0. The molecule has 0 radical (unpaired) electrons. The number of aryl methyl sites for hydroxylation is 1. The Balaban J connectivity index is 2.23. The molecule has 1 rings (SSSR count). The highest BCUT2D eigenvalue weighted by Crippen LogP contribution is 2.09. The fourth-order valence-electron chi connectivity index (χ4n) is 1.67. The van der Waals surface area contributed by atoms with Gasteiger partial charge in [0.1, 0.15) is 5.82 Å². The van der Waals surface area contributed by atoms with E-state index < -0.39 is 0 Å². The Morgan fingerprint density at radius 1 is 1.37 bits per heavy atom. The molecule has 19 heavy (non-hydrogen) atoms. The summed E-state index contributed by atoms with van der Waals surface area (Å²) in [4.78, 5) is 11.5. The van der Waals surface area contributed by atoms with E-state index in [-0.39, 0.29) is 11.7 Å². The van der Waals surface area contributed by atoms with Crippen LogP contribution >= 0.6 is 0 Å². The van der Waals surface area contributed by atoms with Crippen molar-refractivity contribution in [3.05, 3.63) is 35.1 Å². The van der Waals surface area contributed by atoms with E-state index in [1.807, 2.05) is 13.0 Å². The van der Waals surface area contributed by atoms with E-state index in [9.17, 15) is 9.18 Å². The summed E-state index contributed by atoms with van der Waals surface area (Å²) in [5.74, 6) is 0.284. The first-order valence-electron chi connectivity index (χ1n) is 6.71. The molecule has 0 unspecified atom stereocenters. The molecule has 0 heterocycles. The molecule has 0 atom stereocenters. The number of halogens is 1. The van der Waals surface area contributed by atoms with E-state index >= 15 is 0 Å². The lowest BCUT2D eigenvalue weighted by atomic mass is 10.1. The summed E-state index contributed by atoms with van der Waals surface area (Å²) in [6.07, 6.45) is 0.417. The summed E-state index contributed by atoms with van der Waals surface area (Å²) in [6, 6.07) is 5.04. The van der Waals surface area contributed by atoms with Crippen LogP contribution in [0.5, 0.6) is 0 Å². The van der Waals surface area contributed by atoms with Crippen LogP contribution in [-0.4, -0.2) is 19.0 Å². The zero-order valence-electron chi connectivity index (χ0n) is 11.9. The summed E-state index contributed by atoms with van der Waals surface area (Å²) < 4.78 is 13.4. The lowest BCUT2D eigenvalue weighted by molar-refractivity contribution is -0.121. The van der Waals surface area contributed by atoms with Gasteiger partial charge in [-0.2, -0.15) is 0 Å². The summed E-state index contributed by atoms with van der Waals surface area (Å²) in [6.45, 7) is 7.74. The first kappa shape index (κ1) is 15.6. The van der Waals surface area contributed by atoms with Crippen molar-refractivity contribution < 1.29 is 9.18 Å². The van der Waals surface area contributed by atoms with E-state index in [1.165, 1.54) is 6.07 Å². The van der Waals surface area contributed by atoms with Crippen molar-refractivity contribution in [2.75, 3.05) is 13.1 Å². The molecule has 3 nitrogen and oxygen atoms in total. The van der Waals surface area contributed by atoms with Gasteiger partial charge in [0.2, 0.25) is 5.91 Å². The van der Waals surface area contributed by atoms with E-state index in [4.69, 9.17) is 0 Å². The Morgan fingerprint density at radius 3 is 2.79 bits per heavy atom. The van der Waals surface area contributed by atoms with E-state index in [0.29, 0.717) is 37.5 Å². The van der Waals surface area contributed by atoms with Gasteiger partial charge in [-0.1, -0.05) is 31.5 Å². The molecule has 1 aromatic rings. The van der Waals surface area contributed by atoms with Gasteiger partial charge in [-0.25, -0.2) is 4.39 Å². The quantitative estimate of drug-likeness (QED) is 0.744. The van der Waals surface area contributed by atoms with Gasteiger partial charge in [-0.3, -0.25) is 4.79 Å². The van der Waals surface area contributed by atoms with Crippen LogP contribution in [0.4, 0.5) is 4.39 Å². The van der Waals surface area contributed by atoms with Gasteiger partial charge < -0.3 is 10.6 Å². The highest BCUT2D eigenvalue weighted by molar-refractivity contribution is 5.76. The maximum atomic E-state index is 13.4. The average Bonchev–Trinajstić information content (AvgIpc) is 2.36. The maximum absolute atomic E-state index is 13.4. The molecule has 0 aliphatic rings. The molecule has 0 fully saturated rings. The van der Waals surface area contributed by atoms with Gasteiger partial charge in [0, 0.05) is 31.6 Å². The Hall–Kier alpha value is -1.42. The van der Waals surface area contributed by atoms with E-state index in [1.54, 1.807) is 6.07 Å². The van der Waals surface area contributed by atoms with Crippen LogP contribution in [0, 0.1) is 18.7 Å². The standard InChI is InChI=1S/C15H23FN2O/c1-11(2)9-18-15(19)6-7-17-10-13-8-12(3)4-5-14(13)16/h4-5,8,11,17H,6-7,9-10H2,1-3H3,(H,18,19). The minimum atomic E-state index is -0.206. The molecule has 1 amide bonds. The van der Waals surface area contributed by atoms with Crippen LogP contribution in [0.1, 0.15) is 31.4 Å². The van der Waals surface area contributed by atoms with Crippen LogP contribution in [0.15, 0.2) is 18.2 Å². The van der Waals surface area contributed by atoms with Crippen LogP contribution in [0.3, 0.4) is 0 Å². The Kier molecular flexibility index (Phi) is 6.50. The topological polar surface area (TPSA) is 41.1 Å². The lowest BCUT2D eigenvalue weighted by Crippen LogP contribution is -2.30. The number of rotatable bonds is 7.